The van der Waals surface area contributed by atoms with Gasteiger partial charge in [0.25, 0.3) is 0 Å². The zero-order valence-electron chi connectivity index (χ0n) is 12.7. The molecule has 1 N–H and O–H groups in total. The fraction of sp³-hybridized carbons (Fsp3) is 0.250. The summed E-state index contributed by atoms with van der Waals surface area (Å²) in [7, 11) is 0. The molecule has 7 heteroatoms. The third-order valence-corrected chi connectivity index (χ3v) is 3.40. The van der Waals surface area contributed by atoms with E-state index < -0.39 is 17.6 Å². The van der Waals surface area contributed by atoms with Crippen molar-refractivity contribution in [2.45, 2.75) is 19.9 Å². The second-order valence-electron chi connectivity index (χ2n) is 5.23. The van der Waals surface area contributed by atoms with Crippen LogP contribution >= 0.6 is 11.6 Å². The number of ketones is 1. The summed E-state index contributed by atoms with van der Waals surface area (Å²) < 4.78 is 1.59. The normalized spacial score (nSPS) is 11.8. The first kappa shape index (κ1) is 16.7. The van der Waals surface area contributed by atoms with Crippen LogP contribution in [0.2, 0.25) is 5.02 Å². The first-order valence-corrected chi connectivity index (χ1v) is 7.34. The number of rotatable bonds is 5. The zero-order valence-corrected chi connectivity index (χ0v) is 13.4. The van der Waals surface area contributed by atoms with Crippen molar-refractivity contribution >= 4 is 29.0 Å². The summed E-state index contributed by atoms with van der Waals surface area (Å²) in [5.41, 5.74) is 0.653. The highest BCUT2D eigenvalue weighted by Crippen LogP contribution is 2.17. The molecular weight excluding hydrogens is 316 g/mol. The van der Waals surface area contributed by atoms with Crippen LogP contribution in [0, 0.1) is 17.2 Å². The Bertz CT molecular complexity index is 776. The van der Waals surface area contributed by atoms with Crippen molar-refractivity contribution in [2.24, 2.45) is 5.92 Å². The number of carbonyl (C=O) groups excluding carboxylic acids is 2. The molecule has 23 heavy (non-hydrogen) atoms. The van der Waals surface area contributed by atoms with E-state index in [9.17, 15) is 14.9 Å². The Morgan fingerprint density at radius 1 is 1.39 bits per heavy atom. The molecule has 0 aliphatic rings. The van der Waals surface area contributed by atoms with Crippen molar-refractivity contribution in [3.8, 4) is 6.07 Å². The number of nitriles is 1. The lowest BCUT2D eigenvalue weighted by molar-refractivity contribution is -0.117. The Balaban J connectivity index is 2.16. The summed E-state index contributed by atoms with van der Waals surface area (Å²) in [4.78, 5) is 24.5. The molecule has 0 aliphatic carbocycles. The standard InChI is InChI=1S/C16H15ClN4O2/c1-10(2)21-9-11(8-19-21)15(22)14(7-18)16(23)20-13-5-3-4-12(17)6-13/h3-6,8-10,14H,1-2H3,(H,20,23). The van der Waals surface area contributed by atoms with Crippen LogP contribution in [0.4, 0.5) is 5.69 Å². The Morgan fingerprint density at radius 2 is 2.13 bits per heavy atom. The van der Waals surface area contributed by atoms with Crippen LogP contribution in [0.5, 0.6) is 0 Å². The first-order valence-electron chi connectivity index (χ1n) is 6.96. The quantitative estimate of drug-likeness (QED) is 0.674. The number of anilines is 1. The predicted molar refractivity (Wildman–Crippen MR) is 86.1 cm³/mol. The number of halogens is 1. The van der Waals surface area contributed by atoms with E-state index in [1.807, 2.05) is 13.8 Å². The molecule has 0 saturated heterocycles. The van der Waals surface area contributed by atoms with Crippen molar-refractivity contribution in [1.82, 2.24) is 9.78 Å². The van der Waals surface area contributed by atoms with Gasteiger partial charge < -0.3 is 5.32 Å². The second kappa shape index (κ2) is 7.07. The smallest absolute Gasteiger partial charge is 0.249 e. The molecule has 0 aliphatic heterocycles. The fourth-order valence-electron chi connectivity index (χ4n) is 1.93. The summed E-state index contributed by atoms with van der Waals surface area (Å²) >= 11 is 5.84. The van der Waals surface area contributed by atoms with E-state index in [2.05, 4.69) is 10.4 Å². The van der Waals surface area contributed by atoms with Crippen LogP contribution in [-0.2, 0) is 4.79 Å². The van der Waals surface area contributed by atoms with Crippen molar-refractivity contribution in [3.05, 3.63) is 47.2 Å². The van der Waals surface area contributed by atoms with E-state index in [1.54, 1.807) is 29.0 Å². The van der Waals surface area contributed by atoms with Gasteiger partial charge in [0, 0.05) is 22.9 Å². The van der Waals surface area contributed by atoms with Gasteiger partial charge in [0.2, 0.25) is 5.91 Å². The molecule has 2 aromatic rings. The molecule has 0 saturated carbocycles. The topological polar surface area (TPSA) is 87.8 Å². The third-order valence-electron chi connectivity index (χ3n) is 3.16. The minimum Gasteiger partial charge on any atom is -0.324 e. The molecule has 1 unspecified atom stereocenters. The lowest BCUT2D eigenvalue weighted by atomic mass is 10.0. The van der Waals surface area contributed by atoms with Gasteiger partial charge in [-0.3, -0.25) is 14.3 Å². The van der Waals surface area contributed by atoms with Gasteiger partial charge in [0.15, 0.2) is 11.7 Å². The number of Topliss-reactive ketones (excluding diaryl/α,β-unsaturated/α-hetero) is 1. The maximum atomic E-state index is 12.3. The third kappa shape index (κ3) is 3.96. The monoisotopic (exact) mass is 330 g/mol. The average molecular weight is 331 g/mol. The van der Waals surface area contributed by atoms with E-state index in [-0.39, 0.29) is 11.6 Å². The van der Waals surface area contributed by atoms with Crippen LogP contribution in [0.15, 0.2) is 36.7 Å². The number of hydrogen-bond acceptors (Lipinski definition) is 4. The highest BCUT2D eigenvalue weighted by molar-refractivity contribution is 6.31. The van der Waals surface area contributed by atoms with Gasteiger partial charge in [-0.05, 0) is 32.0 Å². The molecule has 1 amide bonds. The molecule has 118 valence electrons. The molecule has 2 rings (SSSR count). The molecule has 0 bridgehead atoms. The SMILES string of the molecule is CC(C)n1cc(C(=O)C(C#N)C(=O)Nc2cccc(Cl)c2)cn1. The Hall–Kier alpha value is -2.65. The van der Waals surface area contributed by atoms with E-state index in [0.717, 1.165) is 0 Å². The number of hydrogen-bond donors (Lipinski definition) is 1. The largest absolute Gasteiger partial charge is 0.324 e. The highest BCUT2D eigenvalue weighted by atomic mass is 35.5. The fourth-order valence-corrected chi connectivity index (χ4v) is 2.12. The molecule has 0 fully saturated rings. The van der Waals surface area contributed by atoms with Crippen LogP contribution in [0.1, 0.15) is 30.2 Å². The molecule has 1 aromatic heterocycles. The maximum Gasteiger partial charge on any atom is 0.249 e. The van der Waals surface area contributed by atoms with E-state index in [0.29, 0.717) is 10.7 Å². The summed E-state index contributed by atoms with van der Waals surface area (Å²) in [6.07, 6.45) is 2.89. The van der Waals surface area contributed by atoms with Gasteiger partial charge in [-0.15, -0.1) is 0 Å². The number of amides is 1. The van der Waals surface area contributed by atoms with Crippen molar-refractivity contribution < 1.29 is 9.59 Å². The number of aromatic nitrogens is 2. The minimum absolute atomic E-state index is 0.0809. The lowest BCUT2D eigenvalue weighted by Gasteiger charge is -2.09. The molecule has 1 atom stereocenters. The zero-order chi connectivity index (χ0) is 17.0. The molecule has 0 radical (unpaired) electrons. The number of carbonyl (C=O) groups is 2. The first-order chi connectivity index (χ1) is 10.9. The minimum atomic E-state index is -1.45. The molecule has 1 aromatic carbocycles. The van der Waals surface area contributed by atoms with Crippen molar-refractivity contribution in [2.75, 3.05) is 5.32 Å². The number of benzene rings is 1. The van der Waals surface area contributed by atoms with Gasteiger partial charge in [-0.25, -0.2) is 0 Å². The highest BCUT2D eigenvalue weighted by Gasteiger charge is 2.28. The van der Waals surface area contributed by atoms with Crippen LogP contribution in [0.3, 0.4) is 0 Å². The van der Waals surface area contributed by atoms with E-state index in [4.69, 9.17) is 11.6 Å². The van der Waals surface area contributed by atoms with Gasteiger partial charge in [-0.2, -0.15) is 10.4 Å². The Labute approximate surface area is 138 Å². The molecule has 6 nitrogen and oxygen atoms in total. The molecular formula is C16H15ClN4O2. The summed E-state index contributed by atoms with van der Waals surface area (Å²) in [6.45, 7) is 3.82. The Morgan fingerprint density at radius 3 is 2.70 bits per heavy atom. The summed E-state index contributed by atoms with van der Waals surface area (Å²) in [5, 5.41) is 16.2. The molecule has 0 spiro atoms. The number of nitrogens with one attached hydrogen (secondary N) is 1. The molecule has 1 heterocycles. The van der Waals surface area contributed by atoms with Crippen LogP contribution in [0.25, 0.3) is 0 Å². The predicted octanol–water partition coefficient (Wildman–Crippen LogP) is 3.08. The summed E-state index contributed by atoms with van der Waals surface area (Å²) in [5.74, 6) is -2.73. The summed E-state index contributed by atoms with van der Waals surface area (Å²) in [6, 6.07) is 8.30. The lowest BCUT2D eigenvalue weighted by Crippen LogP contribution is -2.28. The maximum absolute atomic E-state index is 12.3. The second-order valence-corrected chi connectivity index (χ2v) is 5.67. The van der Waals surface area contributed by atoms with Crippen molar-refractivity contribution in [1.29, 1.82) is 5.26 Å². The number of nitrogens with zero attached hydrogens (tertiary/aromatic N) is 3. The van der Waals surface area contributed by atoms with Gasteiger partial charge in [0.1, 0.15) is 0 Å². The van der Waals surface area contributed by atoms with Crippen molar-refractivity contribution in [3.63, 3.8) is 0 Å². The average Bonchev–Trinajstić information content (AvgIpc) is 2.97. The van der Waals surface area contributed by atoms with Crippen LogP contribution < -0.4 is 5.32 Å². The van der Waals surface area contributed by atoms with Crippen LogP contribution in [-0.4, -0.2) is 21.5 Å². The van der Waals surface area contributed by atoms with Gasteiger partial charge >= 0.3 is 0 Å². The van der Waals surface area contributed by atoms with E-state index in [1.165, 1.54) is 18.5 Å². The van der Waals surface area contributed by atoms with Gasteiger partial charge in [0.05, 0.1) is 17.8 Å². The van der Waals surface area contributed by atoms with E-state index >= 15 is 0 Å². The van der Waals surface area contributed by atoms with Gasteiger partial charge in [-0.1, -0.05) is 17.7 Å². The Kier molecular flexibility index (Phi) is 5.14.